The number of carbonyl (C=O) groups is 4. The van der Waals surface area contributed by atoms with Gasteiger partial charge in [0.1, 0.15) is 11.5 Å². The molecule has 1 aliphatic rings. The summed E-state index contributed by atoms with van der Waals surface area (Å²) < 4.78 is 10.7. The lowest BCUT2D eigenvalue weighted by Crippen LogP contribution is -2.42. The molecule has 0 unspecified atom stereocenters. The maximum atomic E-state index is 13.3. The molecule has 6 aromatic rings. The minimum Gasteiger partial charge on any atom is -0.496 e. The maximum absolute atomic E-state index is 13.3. The zero-order chi connectivity index (χ0) is 44.9. The molecular weight excluding hydrogens is 839 g/mol. The summed E-state index contributed by atoms with van der Waals surface area (Å²) in [5.41, 5.74) is 4.32. The van der Waals surface area contributed by atoms with Gasteiger partial charge in [-0.1, -0.05) is 47.5 Å². The van der Waals surface area contributed by atoms with E-state index in [-0.39, 0.29) is 11.6 Å². The molecule has 7 rings (SSSR count). The molecule has 4 amide bonds. The Kier molecular flexibility index (Phi) is 16.1. The summed E-state index contributed by atoms with van der Waals surface area (Å²) >= 11 is 2.86. The molecule has 17 heteroatoms. The van der Waals surface area contributed by atoms with Crippen molar-refractivity contribution in [2.24, 2.45) is 0 Å². The van der Waals surface area contributed by atoms with Gasteiger partial charge in [0.2, 0.25) is 0 Å². The van der Waals surface area contributed by atoms with Gasteiger partial charge in [0, 0.05) is 72.5 Å². The number of hydrogen-bond donors (Lipinski definition) is 5. The Labute approximate surface area is 374 Å². The van der Waals surface area contributed by atoms with Crippen LogP contribution in [-0.4, -0.2) is 97.9 Å². The monoisotopic (exact) mass is 889 g/mol. The van der Waals surface area contributed by atoms with E-state index in [9.17, 15) is 19.2 Å². The summed E-state index contributed by atoms with van der Waals surface area (Å²) in [6, 6.07) is 23.8. The zero-order valence-electron chi connectivity index (χ0n) is 36.0. The fraction of sp³-hybridized carbons (Fsp3) is 0.261. The third kappa shape index (κ3) is 12.8. The van der Waals surface area contributed by atoms with Gasteiger partial charge >= 0.3 is 12.1 Å². The van der Waals surface area contributed by atoms with Crippen LogP contribution in [0, 0.1) is 13.8 Å². The molecule has 5 N–H and O–H groups in total. The smallest absolute Gasteiger partial charge is 0.325 e. The third-order valence-corrected chi connectivity index (χ3v) is 11.4. The molecule has 4 aromatic carbocycles. The van der Waals surface area contributed by atoms with Crippen LogP contribution in [0.5, 0.6) is 11.5 Å². The van der Waals surface area contributed by atoms with Crippen LogP contribution in [0.3, 0.4) is 0 Å². The molecule has 63 heavy (non-hydrogen) atoms. The summed E-state index contributed by atoms with van der Waals surface area (Å²) in [4.78, 5) is 66.7. The van der Waals surface area contributed by atoms with Gasteiger partial charge in [-0.05, 0) is 76.5 Å². The Morgan fingerprint density at radius 3 is 1.59 bits per heavy atom. The van der Waals surface area contributed by atoms with E-state index < -0.39 is 12.1 Å². The number of carbonyl (C=O) groups excluding carboxylic acids is 4. The molecule has 0 saturated carbocycles. The Balaban J connectivity index is 0.000000211. The van der Waals surface area contributed by atoms with Crippen molar-refractivity contribution < 1.29 is 28.7 Å². The molecule has 328 valence electrons. The van der Waals surface area contributed by atoms with Crippen LogP contribution in [0.4, 0.5) is 31.2 Å². The first-order valence-electron chi connectivity index (χ1n) is 20.1. The summed E-state index contributed by atoms with van der Waals surface area (Å²) in [6.07, 6.45) is 3.54. The van der Waals surface area contributed by atoms with Crippen LogP contribution < -0.4 is 36.1 Å². The van der Waals surface area contributed by atoms with Gasteiger partial charge in [-0.25, -0.2) is 19.6 Å². The van der Waals surface area contributed by atoms with Crippen molar-refractivity contribution in [2.45, 2.75) is 26.9 Å². The first kappa shape index (κ1) is 46.0. The lowest BCUT2D eigenvalue weighted by atomic mass is 9.99. The second-order valence-corrected chi connectivity index (χ2v) is 17.1. The van der Waals surface area contributed by atoms with Crippen LogP contribution >= 0.6 is 22.7 Å². The number of methoxy groups -OCH3 is 2. The van der Waals surface area contributed by atoms with E-state index >= 15 is 0 Å². The Bertz CT molecular complexity index is 2550. The number of anilines is 4. The second-order valence-electron chi connectivity index (χ2n) is 14.8. The number of aromatic nitrogens is 2. The van der Waals surface area contributed by atoms with Crippen molar-refractivity contribution >= 4 is 67.9 Å². The number of nitrogens with zero attached hydrogens (tertiary/aromatic N) is 4. The molecule has 1 saturated heterocycles. The Morgan fingerprint density at radius 2 is 1.11 bits per heavy atom. The topological polar surface area (TPSA) is 179 Å². The molecule has 0 aliphatic carbocycles. The summed E-state index contributed by atoms with van der Waals surface area (Å²) in [5.74, 6) is 0.516. The first-order valence-corrected chi connectivity index (χ1v) is 21.7. The molecule has 0 radical (unpaired) electrons. The predicted octanol–water partition coefficient (Wildman–Crippen LogP) is 8.14. The summed E-state index contributed by atoms with van der Waals surface area (Å²) in [7, 11) is 6.99. The van der Waals surface area contributed by atoms with Crippen molar-refractivity contribution in [3.05, 3.63) is 140 Å². The number of rotatable bonds is 14. The van der Waals surface area contributed by atoms with E-state index in [0.717, 1.165) is 60.1 Å². The van der Waals surface area contributed by atoms with Crippen LogP contribution in [0.1, 0.15) is 52.7 Å². The van der Waals surface area contributed by atoms with E-state index in [4.69, 9.17) is 9.47 Å². The number of aryl methyl sites for hydroxylation is 2. The van der Waals surface area contributed by atoms with Crippen LogP contribution in [-0.2, 0) is 13.1 Å². The summed E-state index contributed by atoms with van der Waals surface area (Å²) in [6.45, 7) is 9.32. The van der Waals surface area contributed by atoms with Gasteiger partial charge in [0.05, 0.1) is 36.7 Å². The number of thiazole rings is 2. The molecular formula is C46H51N9O6S2. The van der Waals surface area contributed by atoms with E-state index in [1.54, 1.807) is 79.1 Å². The minimum atomic E-state index is -0.460. The van der Waals surface area contributed by atoms with Gasteiger partial charge in [-0.3, -0.25) is 25.1 Å². The number of ketones is 2. The molecule has 2 aromatic heterocycles. The summed E-state index contributed by atoms with van der Waals surface area (Å²) in [5, 5.41) is 15.4. The van der Waals surface area contributed by atoms with Gasteiger partial charge < -0.3 is 30.3 Å². The molecule has 0 atom stereocenters. The number of para-hydroxylation sites is 2. The number of hydrogen-bond acceptors (Lipinski definition) is 13. The fourth-order valence-corrected chi connectivity index (χ4v) is 8.42. The highest BCUT2D eigenvalue weighted by Gasteiger charge is 2.21. The van der Waals surface area contributed by atoms with E-state index in [2.05, 4.69) is 41.5 Å². The molecule has 1 aliphatic heterocycles. The minimum absolute atomic E-state index is 0.223. The van der Waals surface area contributed by atoms with Crippen molar-refractivity contribution in [3.63, 3.8) is 0 Å². The molecule has 15 nitrogen and oxygen atoms in total. The van der Waals surface area contributed by atoms with E-state index in [0.29, 0.717) is 55.4 Å². The molecule has 3 heterocycles. The van der Waals surface area contributed by atoms with E-state index in [1.807, 2.05) is 51.0 Å². The Hall–Kier alpha value is -6.50. The first-order chi connectivity index (χ1) is 30.4. The standard InChI is InChI=1S/C24H27N5O3S.C22H24N4O3S/c1-16-7-8-20(19(13-16)22(30)18-5-3-4-6-21(18)32-2)27-23(31)28-24-26-14-17(33-24)15-29-11-9-25-10-12-29;1-14-9-10-18(17(11-14)20(27)16-7-5-6-8-19(16)29-4)24-21(28)25-22-23-12-15(30-22)13-26(2)3/h3-8,13-14,25H,9-12,15H2,1-2H3,(H2,26,27,28,31);5-12H,13H2,1-4H3,(H2,23,24,25,28). The van der Waals surface area contributed by atoms with Crippen molar-refractivity contribution in [3.8, 4) is 11.5 Å². The predicted molar refractivity (Wildman–Crippen MR) is 250 cm³/mol. The SMILES string of the molecule is COc1ccccc1C(=O)c1cc(C)ccc1NC(=O)Nc1ncc(CN(C)C)s1.COc1ccccc1C(=O)c1cc(C)ccc1NC(=O)Nc1ncc(CN2CCNCC2)s1. The lowest BCUT2D eigenvalue weighted by molar-refractivity contribution is 0.102. The van der Waals surface area contributed by atoms with Gasteiger partial charge in [0.15, 0.2) is 21.8 Å². The molecule has 0 spiro atoms. The molecule has 1 fully saturated rings. The van der Waals surface area contributed by atoms with Crippen molar-refractivity contribution in [1.29, 1.82) is 0 Å². The largest absolute Gasteiger partial charge is 0.496 e. The van der Waals surface area contributed by atoms with Crippen molar-refractivity contribution in [1.82, 2.24) is 25.1 Å². The third-order valence-electron chi connectivity index (χ3n) is 9.65. The van der Waals surface area contributed by atoms with Gasteiger partial charge in [-0.2, -0.15) is 0 Å². The quantitative estimate of drug-likeness (QED) is 0.0667. The lowest BCUT2D eigenvalue weighted by Gasteiger charge is -2.26. The molecule has 0 bridgehead atoms. The van der Waals surface area contributed by atoms with E-state index in [1.165, 1.54) is 36.9 Å². The van der Waals surface area contributed by atoms with Crippen molar-refractivity contribution in [2.75, 3.05) is 75.8 Å². The normalized spacial score (nSPS) is 12.4. The fourth-order valence-electron chi connectivity index (χ4n) is 6.64. The number of amides is 4. The van der Waals surface area contributed by atoms with Crippen LogP contribution in [0.2, 0.25) is 0 Å². The maximum Gasteiger partial charge on any atom is 0.325 e. The second kappa shape index (κ2) is 22.0. The average Bonchev–Trinajstić information content (AvgIpc) is 3.92. The zero-order valence-corrected chi connectivity index (χ0v) is 37.7. The number of ether oxygens (including phenoxy) is 2. The van der Waals surface area contributed by atoms with Gasteiger partial charge in [0.25, 0.3) is 0 Å². The number of piperazine rings is 1. The number of urea groups is 2. The Morgan fingerprint density at radius 1 is 0.651 bits per heavy atom. The van der Waals surface area contributed by atoms with Crippen LogP contribution in [0.25, 0.3) is 0 Å². The highest BCUT2D eigenvalue weighted by atomic mass is 32.1. The highest BCUT2D eigenvalue weighted by Crippen LogP contribution is 2.29. The number of benzene rings is 4. The number of nitrogens with one attached hydrogen (secondary N) is 5. The van der Waals surface area contributed by atoms with Crippen LogP contribution in [0.15, 0.2) is 97.3 Å². The average molecular weight is 890 g/mol. The highest BCUT2D eigenvalue weighted by molar-refractivity contribution is 7.16. The van der Waals surface area contributed by atoms with Gasteiger partial charge in [-0.15, -0.1) is 22.7 Å².